The highest BCUT2D eigenvalue weighted by molar-refractivity contribution is 9.10. The number of hydrogen-bond donors (Lipinski definition) is 1. The first-order valence-electron chi connectivity index (χ1n) is 7.81. The Bertz CT molecular complexity index is 836. The molecule has 0 atom stereocenters. The molecule has 0 fully saturated rings. The third-order valence-corrected chi connectivity index (χ3v) is 4.26. The number of aromatic amines is 1. The lowest BCUT2D eigenvalue weighted by atomic mass is 10.0. The normalized spacial score (nSPS) is 10.9. The maximum Gasteiger partial charge on any atom is 0.355 e. The van der Waals surface area contributed by atoms with E-state index in [-0.39, 0.29) is 12.4 Å². The highest BCUT2D eigenvalue weighted by Crippen LogP contribution is 2.25. The van der Waals surface area contributed by atoms with E-state index in [0.29, 0.717) is 28.3 Å². The molecule has 0 saturated heterocycles. The number of methoxy groups -OCH3 is 1. The number of carbonyl (C=O) groups excluding carboxylic acids is 2. The summed E-state index contributed by atoms with van der Waals surface area (Å²) in [6.45, 7) is 5.51. The van der Waals surface area contributed by atoms with Gasteiger partial charge in [0.15, 0.2) is 5.78 Å². The molecule has 0 aliphatic heterocycles. The Hall–Kier alpha value is -2.34. The van der Waals surface area contributed by atoms with Gasteiger partial charge in [-0.3, -0.25) is 4.79 Å². The Labute approximate surface area is 155 Å². The van der Waals surface area contributed by atoms with E-state index in [0.717, 1.165) is 10.0 Å². The zero-order valence-corrected chi connectivity index (χ0v) is 16.2. The maximum absolute atomic E-state index is 12.6. The van der Waals surface area contributed by atoms with Crippen LogP contribution in [0, 0.1) is 13.8 Å². The van der Waals surface area contributed by atoms with Gasteiger partial charge in [0.05, 0.1) is 13.7 Å². The molecule has 25 heavy (non-hydrogen) atoms. The van der Waals surface area contributed by atoms with Crippen molar-refractivity contribution in [3.05, 3.63) is 56.8 Å². The van der Waals surface area contributed by atoms with Crippen LogP contribution in [0.25, 0.3) is 6.08 Å². The molecular weight excluding hydrogens is 386 g/mol. The van der Waals surface area contributed by atoms with E-state index >= 15 is 0 Å². The Morgan fingerprint density at radius 1 is 1.28 bits per heavy atom. The van der Waals surface area contributed by atoms with Crippen LogP contribution in [0.5, 0.6) is 5.75 Å². The molecule has 1 aromatic heterocycles. The number of ether oxygens (including phenoxy) is 2. The molecule has 1 aromatic carbocycles. The average Bonchev–Trinajstić information content (AvgIpc) is 2.87. The van der Waals surface area contributed by atoms with E-state index in [4.69, 9.17) is 9.47 Å². The average molecular weight is 406 g/mol. The third-order valence-electron chi connectivity index (χ3n) is 3.77. The van der Waals surface area contributed by atoms with Gasteiger partial charge in [-0.2, -0.15) is 0 Å². The van der Waals surface area contributed by atoms with Crippen molar-refractivity contribution in [2.45, 2.75) is 20.8 Å². The molecule has 0 aliphatic carbocycles. The van der Waals surface area contributed by atoms with Crippen LogP contribution in [0.15, 0.2) is 28.7 Å². The summed E-state index contributed by atoms with van der Waals surface area (Å²) in [6.07, 6.45) is 3.17. The van der Waals surface area contributed by atoms with Gasteiger partial charge in [-0.1, -0.05) is 15.9 Å². The number of nitrogens with one attached hydrogen (secondary N) is 1. The van der Waals surface area contributed by atoms with Gasteiger partial charge in [-0.05, 0) is 56.7 Å². The summed E-state index contributed by atoms with van der Waals surface area (Å²) in [5, 5.41) is 0. The van der Waals surface area contributed by atoms with Crippen LogP contribution in [-0.4, -0.2) is 30.5 Å². The lowest BCUT2D eigenvalue weighted by Crippen LogP contribution is -2.07. The molecule has 132 valence electrons. The van der Waals surface area contributed by atoms with E-state index in [9.17, 15) is 9.59 Å². The number of rotatable bonds is 6. The molecule has 6 heteroatoms. The molecule has 0 unspecified atom stereocenters. The summed E-state index contributed by atoms with van der Waals surface area (Å²) >= 11 is 3.40. The number of hydrogen-bond acceptors (Lipinski definition) is 4. The summed E-state index contributed by atoms with van der Waals surface area (Å²) < 4.78 is 11.2. The zero-order valence-electron chi connectivity index (χ0n) is 14.6. The molecule has 0 amide bonds. The minimum Gasteiger partial charge on any atom is -0.496 e. The van der Waals surface area contributed by atoms with Gasteiger partial charge in [0, 0.05) is 21.3 Å². The summed E-state index contributed by atoms with van der Waals surface area (Å²) in [6, 6.07) is 5.55. The van der Waals surface area contributed by atoms with Gasteiger partial charge in [0.1, 0.15) is 11.4 Å². The van der Waals surface area contributed by atoms with Gasteiger partial charge in [0.25, 0.3) is 0 Å². The van der Waals surface area contributed by atoms with E-state index in [2.05, 4.69) is 20.9 Å². The van der Waals surface area contributed by atoms with Crippen LogP contribution < -0.4 is 4.74 Å². The van der Waals surface area contributed by atoms with Crippen molar-refractivity contribution in [3.8, 4) is 5.75 Å². The Morgan fingerprint density at radius 3 is 2.64 bits per heavy atom. The molecule has 1 heterocycles. The van der Waals surface area contributed by atoms with Crippen molar-refractivity contribution in [3.63, 3.8) is 0 Å². The van der Waals surface area contributed by atoms with Crippen LogP contribution in [0.3, 0.4) is 0 Å². The summed E-state index contributed by atoms with van der Waals surface area (Å²) in [5.41, 5.74) is 2.80. The number of carbonyl (C=O) groups is 2. The third kappa shape index (κ3) is 4.20. The molecule has 0 saturated carbocycles. The number of allylic oxidation sites excluding steroid dienone is 1. The fourth-order valence-corrected chi connectivity index (χ4v) is 2.99. The second-order valence-electron chi connectivity index (χ2n) is 5.43. The molecule has 0 radical (unpaired) electrons. The standard InChI is InChI=1S/C19H20BrNO4/c1-5-25-19(23)18-11(2)17(12(3)21-18)15(22)8-6-13-10-14(20)7-9-16(13)24-4/h6-10,21H,5H2,1-4H3/b8-6+. The minimum absolute atomic E-state index is 0.191. The molecule has 0 aliphatic rings. The first-order chi connectivity index (χ1) is 11.9. The van der Waals surface area contributed by atoms with E-state index < -0.39 is 5.97 Å². The van der Waals surface area contributed by atoms with Crippen molar-refractivity contribution in [1.29, 1.82) is 0 Å². The van der Waals surface area contributed by atoms with Gasteiger partial charge in [0.2, 0.25) is 0 Å². The van der Waals surface area contributed by atoms with E-state index in [1.807, 2.05) is 18.2 Å². The van der Waals surface area contributed by atoms with Gasteiger partial charge < -0.3 is 14.5 Å². The Kier molecular flexibility index (Phi) is 6.20. The van der Waals surface area contributed by atoms with Crippen LogP contribution in [-0.2, 0) is 4.74 Å². The van der Waals surface area contributed by atoms with Crippen molar-refractivity contribution in [2.75, 3.05) is 13.7 Å². The Morgan fingerprint density at radius 2 is 2.00 bits per heavy atom. The topological polar surface area (TPSA) is 68.4 Å². The molecule has 2 aromatic rings. The quantitative estimate of drug-likeness (QED) is 0.437. The SMILES string of the molecule is CCOC(=O)c1[nH]c(C)c(C(=O)/C=C/c2cc(Br)ccc2OC)c1C. The highest BCUT2D eigenvalue weighted by atomic mass is 79.9. The lowest BCUT2D eigenvalue weighted by molar-refractivity contribution is 0.0519. The second kappa shape index (κ2) is 8.16. The monoisotopic (exact) mass is 405 g/mol. The number of H-pyrrole nitrogens is 1. The van der Waals surface area contributed by atoms with Crippen molar-refractivity contribution >= 4 is 33.8 Å². The summed E-state index contributed by atoms with van der Waals surface area (Å²) in [4.78, 5) is 27.5. The van der Waals surface area contributed by atoms with Crippen LogP contribution in [0.4, 0.5) is 0 Å². The van der Waals surface area contributed by atoms with Gasteiger partial charge in [-0.25, -0.2) is 4.79 Å². The molecule has 5 nitrogen and oxygen atoms in total. The predicted octanol–water partition coefficient (Wildman–Crippen LogP) is 4.48. The fraction of sp³-hybridized carbons (Fsp3) is 0.263. The first-order valence-corrected chi connectivity index (χ1v) is 8.60. The zero-order chi connectivity index (χ0) is 18.6. The minimum atomic E-state index is -0.459. The number of halogens is 1. The largest absolute Gasteiger partial charge is 0.496 e. The van der Waals surface area contributed by atoms with Gasteiger partial charge in [-0.15, -0.1) is 0 Å². The Balaban J connectivity index is 2.33. The summed E-state index contributed by atoms with van der Waals surface area (Å²) in [5.74, 6) is 0.0191. The van der Waals surface area contributed by atoms with Crippen molar-refractivity contribution < 1.29 is 19.1 Å². The van der Waals surface area contributed by atoms with Gasteiger partial charge >= 0.3 is 5.97 Å². The number of benzene rings is 1. The fourth-order valence-electron chi connectivity index (χ4n) is 2.61. The van der Waals surface area contributed by atoms with E-state index in [1.54, 1.807) is 34.0 Å². The van der Waals surface area contributed by atoms with Crippen molar-refractivity contribution in [1.82, 2.24) is 4.98 Å². The van der Waals surface area contributed by atoms with Crippen LogP contribution in [0.2, 0.25) is 0 Å². The molecule has 0 spiro atoms. The number of aromatic nitrogens is 1. The van der Waals surface area contributed by atoms with Crippen LogP contribution >= 0.6 is 15.9 Å². The van der Waals surface area contributed by atoms with Crippen molar-refractivity contribution in [2.24, 2.45) is 0 Å². The smallest absolute Gasteiger partial charge is 0.355 e. The second-order valence-corrected chi connectivity index (χ2v) is 6.35. The predicted molar refractivity (Wildman–Crippen MR) is 100 cm³/mol. The number of ketones is 1. The molecule has 0 bridgehead atoms. The molecular formula is C19H20BrNO4. The maximum atomic E-state index is 12.6. The summed E-state index contributed by atoms with van der Waals surface area (Å²) in [7, 11) is 1.58. The molecule has 2 rings (SSSR count). The first kappa shape index (κ1) is 19.0. The molecule has 1 N–H and O–H groups in total. The highest BCUT2D eigenvalue weighted by Gasteiger charge is 2.21. The number of aryl methyl sites for hydroxylation is 1. The van der Waals surface area contributed by atoms with E-state index in [1.165, 1.54) is 6.08 Å². The number of esters is 1. The lowest BCUT2D eigenvalue weighted by Gasteiger charge is -2.05. The van der Waals surface area contributed by atoms with Crippen LogP contribution in [0.1, 0.15) is 44.6 Å².